The summed E-state index contributed by atoms with van der Waals surface area (Å²) in [6.45, 7) is 4.11. The highest BCUT2D eigenvalue weighted by Crippen LogP contribution is 2.13. The molecular formula is C43H77NO4. The van der Waals surface area contributed by atoms with Crippen LogP contribution in [0.1, 0.15) is 181 Å². The first-order valence-electron chi connectivity index (χ1n) is 20.1. The van der Waals surface area contributed by atoms with Crippen molar-refractivity contribution in [3.05, 3.63) is 60.8 Å². The highest BCUT2D eigenvalue weighted by molar-refractivity contribution is 5.81. The van der Waals surface area contributed by atoms with Gasteiger partial charge in [-0.3, -0.25) is 4.79 Å². The Morgan fingerprint density at radius 3 is 1.40 bits per heavy atom. The van der Waals surface area contributed by atoms with E-state index in [1.54, 1.807) is 12.2 Å². The van der Waals surface area contributed by atoms with Gasteiger partial charge >= 0.3 is 0 Å². The van der Waals surface area contributed by atoms with Crippen molar-refractivity contribution >= 4 is 5.91 Å². The molecule has 0 aliphatic rings. The predicted molar refractivity (Wildman–Crippen MR) is 208 cm³/mol. The van der Waals surface area contributed by atoms with E-state index in [9.17, 15) is 20.1 Å². The van der Waals surface area contributed by atoms with Gasteiger partial charge in [-0.2, -0.15) is 0 Å². The standard InChI is InChI=1S/C43H77NO4/c1-3-5-7-9-11-13-15-17-18-19-20-21-22-23-24-25-26-28-29-31-33-35-37-41(46)40(39-45)44-43(48)42(47)38-36-34-32-30-27-16-14-12-10-8-6-4-2/h23-24,27-30,34-37,40-42,45-47H,3-22,25-26,31-33,38-39H2,1-2H3,(H,44,48)/b24-23+,29-28+,30-27-,36-34-,37-35+. The molecule has 3 atom stereocenters. The maximum Gasteiger partial charge on any atom is 0.249 e. The molecule has 0 aliphatic carbocycles. The van der Waals surface area contributed by atoms with Crippen LogP contribution in [0.15, 0.2) is 60.8 Å². The van der Waals surface area contributed by atoms with E-state index >= 15 is 0 Å². The molecule has 0 saturated carbocycles. The Bertz CT molecular complexity index is 831. The van der Waals surface area contributed by atoms with Crippen LogP contribution < -0.4 is 5.32 Å². The van der Waals surface area contributed by atoms with Crippen LogP contribution in [-0.4, -0.2) is 46.1 Å². The van der Waals surface area contributed by atoms with Crippen molar-refractivity contribution in [2.45, 2.75) is 199 Å². The van der Waals surface area contributed by atoms with Crippen molar-refractivity contribution in [3.8, 4) is 0 Å². The SMILES string of the molecule is CCCCCCCC/C=C\C/C=C\CC(O)C(=O)NC(CO)C(O)/C=C/CC/C=C/CC/C=C/CCCCCCCCCCCCCC. The Labute approximate surface area is 297 Å². The molecule has 0 aromatic carbocycles. The lowest BCUT2D eigenvalue weighted by atomic mass is 10.0. The summed E-state index contributed by atoms with van der Waals surface area (Å²) in [7, 11) is 0. The van der Waals surface area contributed by atoms with Crippen molar-refractivity contribution < 1.29 is 20.1 Å². The second-order valence-electron chi connectivity index (χ2n) is 13.5. The molecule has 0 aliphatic heterocycles. The van der Waals surface area contributed by atoms with E-state index in [0.717, 1.165) is 38.5 Å². The minimum absolute atomic E-state index is 0.197. The molecule has 4 N–H and O–H groups in total. The average molecular weight is 672 g/mol. The summed E-state index contributed by atoms with van der Waals surface area (Å²) in [4.78, 5) is 12.4. The molecule has 48 heavy (non-hydrogen) atoms. The third-order valence-electron chi connectivity index (χ3n) is 8.82. The molecule has 0 radical (unpaired) electrons. The molecule has 0 spiro atoms. The van der Waals surface area contributed by atoms with E-state index in [2.05, 4.69) is 55.6 Å². The van der Waals surface area contributed by atoms with Gasteiger partial charge in [0, 0.05) is 6.42 Å². The lowest BCUT2D eigenvalue weighted by Crippen LogP contribution is -2.48. The van der Waals surface area contributed by atoms with Crippen LogP contribution in [-0.2, 0) is 4.79 Å². The first-order valence-corrected chi connectivity index (χ1v) is 20.1. The summed E-state index contributed by atoms with van der Waals surface area (Å²) in [6, 6.07) is -0.852. The van der Waals surface area contributed by atoms with Gasteiger partial charge in [-0.1, -0.05) is 177 Å². The van der Waals surface area contributed by atoms with Gasteiger partial charge in [0.15, 0.2) is 0 Å². The largest absolute Gasteiger partial charge is 0.394 e. The van der Waals surface area contributed by atoms with Crippen molar-refractivity contribution in [1.29, 1.82) is 0 Å². The Kier molecular flexibility index (Phi) is 36.3. The van der Waals surface area contributed by atoms with E-state index in [1.165, 1.54) is 122 Å². The van der Waals surface area contributed by atoms with Crippen LogP contribution in [0.25, 0.3) is 0 Å². The van der Waals surface area contributed by atoms with Crippen LogP contribution >= 0.6 is 0 Å². The van der Waals surface area contributed by atoms with Crippen molar-refractivity contribution in [1.82, 2.24) is 5.32 Å². The molecule has 3 unspecified atom stereocenters. The third kappa shape index (κ3) is 32.6. The predicted octanol–water partition coefficient (Wildman–Crippen LogP) is 11.1. The number of amides is 1. The first kappa shape index (κ1) is 46.0. The Balaban J connectivity index is 3.85. The van der Waals surface area contributed by atoms with E-state index < -0.39 is 30.8 Å². The van der Waals surface area contributed by atoms with Gasteiger partial charge in [0.2, 0.25) is 5.91 Å². The van der Waals surface area contributed by atoms with Crippen LogP contribution in [0, 0.1) is 0 Å². The maximum absolute atomic E-state index is 12.4. The fourth-order valence-corrected chi connectivity index (χ4v) is 5.61. The zero-order valence-electron chi connectivity index (χ0n) is 31.3. The quantitative estimate of drug-likeness (QED) is 0.0399. The minimum atomic E-state index is -1.21. The number of hydrogen-bond acceptors (Lipinski definition) is 4. The summed E-state index contributed by atoms with van der Waals surface area (Å²) in [5, 5.41) is 32.8. The second-order valence-corrected chi connectivity index (χ2v) is 13.5. The number of aliphatic hydroxyl groups is 3. The Morgan fingerprint density at radius 1 is 0.521 bits per heavy atom. The van der Waals surface area contributed by atoms with E-state index in [0.29, 0.717) is 0 Å². The molecule has 5 nitrogen and oxygen atoms in total. The fourth-order valence-electron chi connectivity index (χ4n) is 5.61. The molecule has 0 fully saturated rings. The maximum atomic E-state index is 12.4. The number of carbonyl (C=O) groups is 1. The molecule has 0 saturated heterocycles. The Morgan fingerprint density at radius 2 is 0.917 bits per heavy atom. The van der Waals surface area contributed by atoms with Crippen LogP contribution in [0.4, 0.5) is 0 Å². The van der Waals surface area contributed by atoms with Gasteiger partial charge < -0.3 is 20.6 Å². The number of nitrogens with one attached hydrogen (secondary N) is 1. The highest BCUT2D eigenvalue weighted by atomic mass is 16.3. The summed E-state index contributed by atoms with van der Waals surface area (Å²) >= 11 is 0. The summed E-state index contributed by atoms with van der Waals surface area (Å²) in [5.41, 5.74) is 0. The first-order chi connectivity index (χ1) is 23.6. The summed E-state index contributed by atoms with van der Waals surface area (Å²) < 4.78 is 0. The monoisotopic (exact) mass is 672 g/mol. The van der Waals surface area contributed by atoms with Crippen molar-refractivity contribution in [3.63, 3.8) is 0 Å². The number of allylic oxidation sites excluding steroid dienone is 8. The molecule has 278 valence electrons. The number of carbonyl (C=O) groups excluding carboxylic acids is 1. The second kappa shape index (κ2) is 37.9. The van der Waals surface area contributed by atoms with Crippen molar-refractivity contribution in [2.75, 3.05) is 6.61 Å². The highest BCUT2D eigenvalue weighted by Gasteiger charge is 2.22. The topological polar surface area (TPSA) is 89.8 Å². The molecule has 0 heterocycles. The third-order valence-corrected chi connectivity index (χ3v) is 8.82. The molecule has 0 aromatic heterocycles. The fraction of sp³-hybridized carbons (Fsp3) is 0.744. The minimum Gasteiger partial charge on any atom is -0.394 e. The number of unbranched alkanes of at least 4 members (excludes halogenated alkanes) is 20. The zero-order chi connectivity index (χ0) is 35.2. The van der Waals surface area contributed by atoms with Gasteiger partial charge in [-0.15, -0.1) is 0 Å². The molecule has 0 rings (SSSR count). The smallest absolute Gasteiger partial charge is 0.249 e. The molecule has 1 amide bonds. The number of rotatable bonds is 35. The molecule has 0 aromatic rings. The molecular weight excluding hydrogens is 594 g/mol. The lowest BCUT2D eigenvalue weighted by molar-refractivity contribution is -0.131. The zero-order valence-corrected chi connectivity index (χ0v) is 31.3. The molecule has 0 bridgehead atoms. The van der Waals surface area contributed by atoms with Gasteiger partial charge in [0.1, 0.15) is 6.10 Å². The van der Waals surface area contributed by atoms with Crippen LogP contribution in [0.5, 0.6) is 0 Å². The van der Waals surface area contributed by atoms with Gasteiger partial charge in [-0.05, 0) is 57.8 Å². The van der Waals surface area contributed by atoms with Crippen LogP contribution in [0.3, 0.4) is 0 Å². The van der Waals surface area contributed by atoms with E-state index in [-0.39, 0.29) is 6.42 Å². The average Bonchev–Trinajstić information content (AvgIpc) is 3.09. The molecule has 5 heteroatoms. The number of aliphatic hydroxyl groups excluding tert-OH is 3. The lowest BCUT2D eigenvalue weighted by Gasteiger charge is -2.21. The van der Waals surface area contributed by atoms with Gasteiger partial charge in [0.25, 0.3) is 0 Å². The van der Waals surface area contributed by atoms with Crippen molar-refractivity contribution in [2.24, 2.45) is 0 Å². The van der Waals surface area contributed by atoms with Crippen LogP contribution in [0.2, 0.25) is 0 Å². The normalized spacial score (nSPS) is 14.4. The summed E-state index contributed by atoms with van der Waals surface area (Å²) in [6.07, 6.45) is 49.8. The van der Waals surface area contributed by atoms with E-state index in [1.807, 2.05) is 12.2 Å². The number of hydrogen-bond donors (Lipinski definition) is 4. The van der Waals surface area contributed by atoms with E-state index in [4.69, 9.17) is 0 Å². The van der Waals surface area contributed by atoms with Gasteiger partial charge in [-0.25, -0.2) is 0 Å². The summed E-state index contributed by atoms with van der Waals surface area (Å²) in [5.74, 6) is -0.587. The van der Waals surface area contributed by atoms with Gasteiger partial charge in [0.05, 0.1) is 18.8 Å². The Hall–Kier alpha value is -1.95.